The van der Waals surface area contributed by atoms with E-state index in [1.54, 1.807) is 14.2 Å². The number of hydrogen-bond acceptors (Lipinski definition) is 5. The second kappa shape index (κ2) is 10.3. The Hall–Kier alpha value is -3.47. The molecule has 0 amide bonds. The van der Waals surface area contributed by atoms with Crippen LogP contribution in [0.15, 0.2) is 66.7 Å². The van der Waals surface area contributed by atoms with Gasteiger partial charge in [-0.15, -0.1) is 0 Å². The lowest BCUT2D eigenvalue weighted by molar-refractivity contribution is -0.147. The van der Waals surface area contributed by atoms with Crippen LogP contribution in [0.1, 0.15) is 22.3 Å². The molecule has 0 atom stereocenters. The zero-order valence-corrected chi connectivity index (χ0v) is 17.5. The largest absolute Gasteiger partial charge is 0.493 e. The molecule has 156 valence electrons. The number of esters is 1. The third kappa shape index (κ3) is 5.54. The molecule has 0 aromatic heterocycles. The average molecular weight is 406 g/mol. The van der Waals surface area contributed by atoms with E-state index in [4.69, 9.17) is 18.9 Å². The van der Waals surface area contributed by atoms with Gasteiger partial charge >= 0.3 is 5.97 Å². The number of aryl methyl sites for hydroxylation is 1. The van der Waals surface area contributed by atoms with E-state index in [0.717, 1.165) is 23.1 Å². The average Bonchev–Trinajstić information content (AvgIpc) is 2.78. The van der Waals surface area contributed by atoms with Crippen molar-refractivity contribution in [3.05, 3.63) is 89.0 Å². The zero-order valence-electron chi connectivity index (χ0n) is 17.5. The predicted octanol–water partition coefficient (Wildman–Crippen LogP) is 4.73. The minimum Gasteiger partial charge on any atom is -0.493 e. The summed E-state index contributed by atoms with van der Waals surface area (Å²) >= 11 is 0. The van der Waals surface area contributed by atoms with Gasteiger partial charge in [0.25, 0.3) is 0 Å². The molecule has 0 spiro atoms. The molecule has 0 heterocycles. The quantitative estimate of drug-likeness (QED) is 0.481. The minimum atomic E-state index is -0.432. The number of hydrogen-bond donors (Lipinski definition) is 0. The smallest absolute Gasteiger partial charge is 0.344 e. The fourth-order valence-corrected chi connectivity index (χ4v) is 3.12. The maximum Gasteiger partial charge on any atom is 0.344 e. The Balaban J connectivity index is 1.58. The highest BCUT2D eigenvalue weighted by molar-refractivity contribution is 5.71. The van der Waals surface area contributed by atoms with E-state index in [-0.39, 0.29) is 13.2 Å². The van der Waals surface area contributed by atoms with Gasteiger partial charge in [0.15, 0.2) is 18.1 Å². The molecular weight excluding hydrogens is 380 g/mol. The summed E-state index contributed by atoms with van der Waals surface area (Å²) in [6.45, 7) is 1.92. The van der Waals surface area contributed by atoms with Gasteiger partial charge in [-0.05, 0) is 47.4 Å². The monoisotopic (exact) mass is 406 g/mol. The number of carbonyl (C=O) groups excluding carboxylic acids is 1. The van der Waals surface area contributed by atoms with Crippen molar-refractivity contribution in [1.82, 2.24) is 0 Å². The lowest BCUT2D eigenvalue weighted by atomic mass is 10.0. The molecule has 0 aliphatic heterocycles. The summed E-state index contributed by atoms with van der Waals surface area (Å²) in [6, 6.07) is 21.5. The van der Waals surface area contributed by atoms with E-state index in [1.165, 1.54) is 5.56 Å². The first kappa shape index (κ1) is 21.2. The Labute approximate surface area is 177 Å². The maximum absolute atomic E-state index is 12.2. The summed E-state index contributed by atoms with van der Waals surface area (Å²) in [5, 5.41) is 0. The van der Waals surface area contributed by atoms with Crippen molar-refractivity contribution < 1.29 is 23.7 Å². The SMILES string of the molecule is COc1cc(C)c(COC(=O)COc2ccccc2Cc2ccccc2)cc1OC. The van der Waals surface area contributed by atoms with Crippen molar-refractivity contribution in [1.29, 1.82) is 0 Å². The number of carbonyl (C=O) groups is 1. The number of ether oxygens (including phenoxy) is 4. The van der Waals surface area contributed by atoms with Gasteiger partial charge in [0, 0.05) is 6.42 Å². The first-order chi connectivity index (χ1) is 14.6. The van der Waals surface area contributed by atoms with Crippen LogP contribution in [0.2, 0.25) is 0 Å². The molecule has 0 N–H and O–H groups in total. The van der Waals surface area contributed by atoms with Crippen LogP contribution < -0.4 is 14.2 Å². The number of rotatable bonds is 9. The van der Waals surface area contributed by atoms with Gasteiger partial charge in [-0.1, -0.05) is 48.5 Å². The van der Waals surface area contributed by atoms with E-state index >= 15 is 0 Å². The minimum absolute atomic E-state index is 0.139. The predicted molar refractivity (Wildman–Crippen MR) is 115 cm³/mol. The molecule has 0 radical (unpaired) electrons. The highest BCUT2D eigenvalue weighted by Crippen LogP contribution is 2.30. The van der Waals surface area contributed by atoms with Gasteiger partial charge < -0.3 is 18.9 Å². The molecule has 5 heteroatoms. The van der Waals surface area contributed by atoms with Gasteiger partial charge in [0.1, 0.15) is 12.4 Å². The van der Waals surface area contributed by atoms with Crippen molar-refractivity contribution in [3.8, 4) is 17.2 Å². The molecule has 3 aromatic carbocycles. The molecule has 0 saturated carbocycles. The molecule has 3 aromatic rings. The van der Waals surface area contributed by atoms with Crippen LogP contribution in [-0.2, 0) is 22.6 Å². The van der Waals surface area contributed by atoms with Gasteiger partial charge in [0.05, 0.1) is 14.2 Å². The normalized spacial score (nSPS) is 10.4. The molecule has 0 aliphatic rings. The van der Waals surface area contributed by atoms with E-state index in [0.29, 0.717) is 17.2 Å². The molecule has 30 heavy (non-hydrogen) atoms. The highest BCUT2D eigenvalue weighted by atomic mass is 16.6. The lowest BCUT2D eigenvalue weighted by Crippen LogP contribution is -2.15. The van der Waals surface area contributed by atoms with Gasteiger partial charge in [-0.25, -0.2) is 4.79 Å². The highest BCUT2D eigenvalue weighted by Gasteiger charge is 2.12. The first-order valence-corrected chi connectivity index (χ1v) is 9.72. The lowest BCUT2D eigenvalue weighted by Gasteiger charge is -2.14. The Kier molecular flexibility index (Phi) is 7.33. The molecule has 0 bridgehead atoms. The molecule has 0 fully saturated rings. The standard InChI is InChI=1S/C25H26O5/c1-18-13-23(27-2)24(28-3)15-21(18)16-30-25(26)17-29-22-12-8-7-11-20(22)14-19-9-5-4-6-10-19/h4-13,15H,14,16-17H2,1-3H3. The Morgan fingerprint density at radius 1 is 0.800 bits per heavy atom. The van der Waals surface area contributed by atoms with Crippen LogP contribution in [0.25, 0.3) is 0 Å². The van der Waals surface area contributed by atoms with Crippen LogP contribution in [-0.4, -0.2) is 26.8 Å². The first-order valence-electron chi connectivity index (χ1n) is 9.72. The maximum atomic E-state index is 12.2. The summed E-state index contributed by atoms with van der Waals surface area (Å²) in [5.41, 5.74) is 4.01. The fourth-order valence-electron chi connectivity index (χ4n) is 3.12. The molecule has 0 unspecified atom stereocenters. The van der Waals surface area contributed by atoms with Crippen LogP contribution in [0.3, 0.4) is 0 Å². The Morgan fingerprint density at radius 2 is 1.47 bits per heavy atom. The second-order valence-electron chi connectivity index (χ2n) is 6.85. The molecule has 0 saturated heterocycles. The van der Waals surface area contributed by atoms with Crippen molar-refractivity contribution in [3.63, 3.8) is 0 Å². The molecular formula is C25H26O5. The zero-order chi connectivity index (χ0) is 21.3. The Morgan fingerprint density at radius 3 is 2.20 bits per heavy atom. The topological polar surface area (TPSA) is 54.0 Å². The third-order valence-electron chi connectivity index (χ3n) is 4.79. The fraction of sp³-hybridized carbons (Fsp3) is 0.240. The van der Waals surface area contributed by atoms with Gasteiger partial charge in [-0.2, -0.15) is 0 Å². The number of benzene rings is 3. The van der Waals surface area contributed by atoms with E-state index in [2.05, 4.69) is 12.1 Å². The van der Waals surface area contributed by atoms with E-state index < -0.39 is 5.97 Å². The third-order valence-corrected chi connectivity index (χ3v) is 4.79. The summed E-state index contributed by atoms with van der Waals surface area (Å²) in [4.78, 5) is 12.2. The summed E-state index contributed by atoms with van der Waals surface area (Å²) in [5.74, 6) is 1.49. The number of para-hydroxylation sites is 1. The molecule has 5 nitrogen and oxygen atoms in total. The van der Waals surface area contributed by atoms with E-state index in [9.17, 15) is 4.79 Å². The second-order valence-corrected chi connectivity index (χ2v) is 6.85. The van der Waals surface area contributed by atoms with Crippen molar-refractivity contribution in [2.45, 2.75) is 20.0 Å². The van der Waals surface area contributed by atoms with Gasteiger partial charge in [0.2, 0.25) is 0 Å². The summed E-state index contributed by atoms with van der Waals surface area (Å²) in [6.07, 6.45) is 0.733. The molecule has 0 aliphatic carbocycles. The van der Waals surface area contributed by atoms with Crippen molar-refractivity contribution in [2.75, 3.05) is 20.8 Å². The van der Waals surface area contributed by atoms with E-state index in [1.807, 2.05) is 61.5 Å². The van der Waals surface area contributed by atoms with Crippen molar-refractivity contribution in [2.24, 2.45) is 0 Å². The molecule has 3 rings (SSSR count). The van der Waals surface area contributed by atoms with Gasteiger partial charge in [-0.3, -0.25) is 0 Å². The van der Waals surface area contributed by atoms with Crippen LogP contribution >= 0.6 is 0 Å². The van der Waals surface area contributed by atoms with Crippen LogP contribution in [0.4, 0.5) is 0 Å². The van der Waals surface area contributed by atoms with Crippen LogP contribution in [0, 0.1) is 6.92 Å². The van der Waals surface area contributed by atoms with Crippen LogP contribution in [0.5, 0.6) is 17.2 Å². The summed E-state index contributed by atoms with van der Waals surface area (Å²) in [7, 11) is 3.16. The summed E-state index contributed by atoms with van der Waals surface area (Å²) < 4.78 is 21.8. The number of methoxy groups -OCH3 is 2. The Bertz CT molecular complexity index is 982. The van der Waals surface area contributed by atoms with Crippen molar-refractivity contribution >= 4 is 5.97 Å².